The molecule has 0 saturated heterocycles. The van der Waals surface area contributed by atoms with Gasteiger partial charge in [0.1, 0.15) is 6.04 Å². The molecule has 1 unspecified atom stereocenters. The number of hydrogen-bond donors (Lipinski definition) is 2. The Morgan fingerprint density at radius 2 is 1.91 bits per heavy atom. The van der Waals surface area contributed by atoms with Gasteiger partial charge in [0.2, 0.25) is 12.7 Å². The summed E-state index contributed by atoms with van der Waals surface area (Å²) < 4.78 is 10.4. The fourth-order valence-electron chi connectivity index (χ4n) is 2.28. The Morgan fingerprint density at radius 1 is 1.17 bits per heavy atom. The van der Waals surface area contributed by atoms with E-state index >= 15 is 0 Å². The fraction of sp³-hybridized carbons (Fsp3) is 0.125. The zero-order chi connectivity index (χ0) is 16.4. The second kappa shape index (κ2) is 6.18. The highest BCUT2D eigenvalue weighted by atomic mass is 35.5. The number of nitrogens with two attached hydrogens (primary N) is 1. The molecule has 118 valence electrons. The molecule has 2 aromatic rings. The fourth-order valence-corrected chi connectivity index (χ4v) is 2.54. The number of rotatable bonds is 4. The highest BCUT2D eigenvalue weighted by molar-refractivity contribution is 6.32. The molecule has 6 nitrogen and oxygen atoms in total. The molecule has 0 spiro atoms. The summed E-state index contributed by atoms with van der Waals surface area (Å²) in [7, 11) is 0. The summed E-state index contributed by atoms with van der Waals surface area (Å²) in [6.45, 7) is 0.0497. The second-order valence-electron chi connectivity index (χ2n) is 4.91. The Balaban J connectivity index is 1.86. The van der Waals surface area contributed by atoms with Gasteiger partial charge in [-0.25, -0.2) is 0 Å². The van der Waals surface area contributed by atoms with Crippen molar-refractivity contribution in [1.29, 1.82) is 0 Å². The third-order valence-corrected chi connectivity index (χ3v) is 3.66. The molecular weight excluding hydrogens is 320 g/mol. The molecule has 7 heteroatoms. The van der Waals surface area contributed by atoms with Gasteiger partial charge in [-0.05, 0) is 17.7 Å². The maximum atomic E-state index is 12.4. The van der Waals surface area contributed by atoms with Crippen molar-refractivity contribution in [3.63, 3.8) is 0 Å². The number of benzene rings is 2. The molecule has 2 amide bonds. The molecule has 3 rings (SSSR count). The van der Waals surface area contributed by atoms with E-state index in [4.69, 9.17) is 26.8 Å². The maximum Gasteiger partial charge on any atom is 0.252 e. The molecule has 0 aliphatic carbocycles. The minimum Gasteiger partial charge on any atom is -0.454 e. The molecule has 0 radical (unpaired) electrons. The number of fused-ring (bicyclic) bond motifs is 1. The van der Waals surface area contributed by atoms with E-state index in [9.17, 15) is 9.59 Å². The van der Waals surface area contributed by atoms with Gasteiger partial charge in [-0.2, -0.15) is 0 Å². The van der Waals surface area contributed by atoms with Crippen molar-refractivity contribution in [3.05, 3.63) is 58.6 Å². The van der Waals surface area contributed by atoms with Crippen LogP contribution in [0.25, 0.3) is 0 Å². The van der Waals surface area contributed by atoms with Crippen LogP contribution in [0.15, 0.2) is 42.5 Å². The Morgan fingerprint density at radius 3 is 2.61 bits per heavy atom. The van der Waals surface area contributed by atoms with Gasteiger partial charge >= 0.3 is 0 Å². The average molecular weight is 333 g/mol. The van der Waals surface area contributed by atoms with E-state index in [1.807, 2.05) is 0 Å². The van der Waals surface area contributed by atoms with Crippen LogP contribution >= 0.6 is 11.6 Å². The third kappa shape index (κ3) is 3.07. The minimum atomic E-state index is -0.937. The van der Waals surface area contributed by atoms with Crippen molar-refractivity contribution in [2.24, 2.45) is 5.73 Å². The molecule has 3 N–H and O–H groups in total. The van der Waals surface area contributed by atoms with E-state index in [0.717, 1.165) is 0 Å². The van der Waals surface area contributed by atoms with Crippen LogP contribution in [-0.4, -0.2) is 18.6 Å². The summed E-state index contributed by atoms with van der Waals surface area (Å²) in [6.07, 6.45) is 0. The lowest BCUT2D eigenvalue weighted by Crippen LogP contribution is -2.37. The van der Waals surface area contributed by atoms with Crippen molar-refractivity contribution < 1.29 is 19.1 Å². The first-order valence-electron chi connectivity index (χ1n) is 6.80. The summed E-state index contributed by atoms with van der Waals surface area (Å²) >= 11 is 6.06. The Labute approximate surface area is 137 Å². The van der Waals surface area contributed by atoms with Crippen molar-refractivity contribution in [2.45, 2.75) is 6.04 Å². The lowest BCUT2D eigenvalue weighted by Gasteiger charge is -2.16. The molecule has 0 bridgehead atoms. The number of ether oxygens (including phenoxy) is 2. The Bertz CT molecular complexity index is 764. The van der Waals surface area contributed by atoms with Crippen LogP contribution in [0.5, 0.6) is 11.5 Å². The van der Waals surface area contributed by atoms with Crippen LogP contribution in [0.3, 0.4) is 0 Å². The van der Waals surface area contributed by atoms with Crippen LogP contribution < -0.4 is 20.5 Å². The molecule has 0 fully saturated rings. The lowest BCUT2D eigenvalue weighted by molar-refractivity contribution is -0.120. The smallest absolute Gasteiger partial charge is 0.252 e. The van der Waals surface area contributed by atoms with Gasteiger partial charge in [0.15, 0.2) is 11.5 Å². The molecule has 23 heavy (non-hydrogen) atoms. The first kappa shape index (κ1) is 15.2. The van der Waals surface area contributed by atoms with Gasteiger partial charge in [-0.3, -0.25) is 9.59 Å². The molecule has 0 saturated carbocycles. The van der Waals surface area contributed by atoms with Gasteiger partial charge < -0.3 is 20.5 Å². The zero-order valence-electron chi connectivity index (χ0n) is 11.9. The first-order valence-corrected chi connectivity index (χ1v) is 7.18. The molecule has 1 heterocycles. The first-order chi connectivity index (χ1) is 11.1. The van der Waals surface area contributed by atoms with Gasteiger partial charge in [0.25, 0.3) is 5.91 Å². The van der Waals surface area contributed by atoms with E-state index in [2.05, 4.69) is 5.32 Å². The van der Waals surface area contributed by atoms with Gasteiger partial charge in [0.05, 0.1) is 5.02 Å². The third-order valence-electron chi connectivity index (χ3n) is 3.38. The summed E-state index contributed by atoms with van der Waals surface area (Å²) in [6, 6.07) is 10.8. The molecule has 1 aliphatic heterocycles. The van der Waals surface area contributed by atoms with E-state index < -0.39 is 17.9 Å². The Kier molecular flexibility index (Phi) is 4.08. The standard InChI is InChI=1S/C16H13ClN2O4/c17-11-6-10(7-12-14(11)23-8-22-12)16(21)19-13(15(18)20)9-4-2-1-3-5-9/h1-7,13H,8H2,(H2,18,20)(H,19,21). The largest absolute Gasteiger partial charge is 0.454 e. The molecule has 1 atom stereocenters. The van der Waals surface area contributed by atoms with E-state index in [1.54, 1.807) is 30.3 Å². The van der Waals surface area contributed by atoms with Crippen LogP contribution in [0.1, 0.15) is 22.0 Å². The van der Waals surface area contributed by atoms with Crippen molar-refractivity contribution in [3.8, 4) is 11.5 Å². The highest BCUT2D eigenvalue weighted by Gasteiger charge is 2.24. The quantitative estimate of drug-likeness (QED) is 0.896. The maximum absolute atomic E-state index is 12.4. The van der Waals surface area contributed by atoms with Gasteiger partial charge in [-0.15, -0.1) is 0 Å². The summed E-state index contributed by atoms with van der Waals surface area (Å²) in [5, 5.41) is 2.86. The highest BCUT2D eigenvalue weighted by Crippen LogP contribution is 2.39. The normalized spacial score (nSPS) is 13.4. The topological polar surface area (TPSA) is 90.7 Å². The molecule has 0 aromatic heterocycles. The van der Waals surface area contributed by atoms with Crippen molar-refractivity contribution in [1.82, 2.24) is 5.32 Å². The number of carbonyl (C=O) groups is 2. The van der Waals surface area contributed by atoms with E-state index in [0.29, 0.717) is 17.1 Å². The number of carbonyl (C=O) groups excluding carboxylic acids is 2. The minimum absolute atomic E-state index is 0.0497. The zero-order valence-corrected chi connectivity index (χ0v) is 12.7. The van der Waals surface area contributed by atoms with Gasteiger partial charge in [-0.1, -0.05) is 41.9 Å². The average Bonchev–Trinajstić information content (AvgIpc) is 3.02. The van der Waals surface area contributed by atoms with Crippen LogP contribution in [0.4, 0.5) is 0 Å². The number of halogens is 1. The molecular formula is C16H13ClN2O4. The lowest BCUT2D eigenvalue weighted by atomic mass is 10.1. The number of amides is 2. The predicted octanol–water partition coefficient (Wildman–Crippen LogP) is 2.03. The predicted molar refractivity (Wildman–Crippen MR) is 83.4 cm³/mol. The van der Waals surface area contributed by atoms with E-state index in [-0.39, 0.29) is 17.4 Å². The van der Waals surface area contributed by atoms with Gasteiger partial charge in [0, 0.05) is 5.56 Å². The van der Waals surface area contributed by atoms with E-state index in [1.165, 1.54) is 12.1 Å². The summed E-state index contributed by atoms with van der Waals surface area (Å²) in [4.78, 5) is 24.1. The van der Waals surface area contributed by atoms with Crippen LogP contribution in [0, 0.1) is 0 Å². The van der Waals surface area contributed by atoms with Crippen LogP contribution in [0.2, 0.25) is 5.02 Å². The summed E-state index contributed by atoms with van der Waals surface area (Å²) in [5.74, 6) is -0.357. The molecule has 1 aliphatic rings. The second-order valence-corrected chi connectivity index (χ2v) is 5.32. The van der Waals surface area contributed by atoms with Crippen molar-refractivity contribution >= 4 is 23.4 Å². The summed E-state index contributed by atoms with van der Waals surface area (Å²) in [5.41, 5.74) is 6.24. The molecule has 2 aromatic carbocycles. The Hall–Kier alpha value is -2.73. The monoisotopic (exact) mass is 332 g/mol. The number of nitrogens with one attached hydrogen (secondary N) is 1. The number of primary amides is 1. The number of hydrogen-bond acceptors (Lipinski definition) is 4. The van der Waals surface area contributed by atoms with Crippen LogP contribution in [-0.2, 0) is 4.79 Å². The SMILES string of the molecule is NC(=O)C(NC(=O)c1cc(Cl)c2c(c1)OCO2)c1ccccc1. The van der Waals surface area contributed by atoms with Crippen molar-refractivity contribution in [2.75, 3.05) is 6.79 Å².